The lowest BCUT2D eigenvalue weighted by Gasteiger charge is -2.25. The molecule has 0 saturated carbocycles. The summed E-state index contributed by atoms with van der Waals surface area (Å²) in [6, 6.07) is 2.69. The smallest absolute Gasteiger partial charge is 0.133 e. The molecule has 1 saturated heterocycles. The molecule has 0 bridgehead atoms. The fourth-order valence-electron chi connectivity index (χ4n) is 2.68. The Hall–Kier alpha value is -0.610. The van der Waals surface area contributed by atoms with Crippen LogP contribution in [0.1, 0.15) is 45.6 Å². The molecule has 1 unspecified atom stereocenters. The molecule has 0 amide bonds. The maximum Gasteiger partial charge on any atom is 0.133 e. The van der Waals surface area contributed by atoms with Crippen molar-refractivity contribution in [3.63, 3.8) is 0 Å². The number of hydrogen-bond donors (Lipinski definition) is 1. The highest BCUT2D eigenvalue weighted by Crippen LogP contribution is 2.26. The molecule has 4 heteroatoms. The van der Waals surface area contributed by atoms with Crippen LogP contribution >= 0.6 is 15.9 Å². The second-order valence-electron chi connectivity index (χ2n) is 6.19. The van der Waals surface area contributed by atoms with Gasteiger partial charge < -0.3 is 10.2 Å². The molecule has 0 spiro atoms. The summed E-state index contributed by atoms with van der Waals surface area (Å²) < 4.78 is 1.06. The van der Waals surface area contributed by atoms with Gasteiger partial charge in [-0.3, -0.25) is 0 Å². The topological polar surface area (TPSA) is 28.2 Å². The fraction of sp³-hybridized carbons (Fsp3) is 0.688. The Kier molecular flexibility index (Phi) is 5.85. The summed E-state index contributed by atoms with van der Waals surface area (Å²) in [6.07, 6.45) is 5.81. The second-order valence-corrected chi connectivity index (χ2v) is 7.11. The van der Waals surface area contributed by atoms with Crippen LogP contribution in [0.25, 0.3) is 0 Å². The Bertz CT molecular complexity index is 434. The first-order chi connectivity index (χ1) is 9.56. The fourth-order valence-corrected chi connectivity index (χ4v) is 3.06. The SMILES string of the molecule is CC1CCCN(c2ncc(Br)cc2CNC(C)C)CC1. The lowest BCUT2D eigenvalue weighted by molar-refractivity contribution is 0.521. The van der Waals surface area contributed by atoms with E-state index in [0.717, 1.165) is 35.8 Å². The molecular formula is C16H26BrN3. The molecular weight excluding hydrogens is 314 g/mol. The lowest BCUT2D eigenvalue weighted by Crippen LogP contribution is -2.29. The van der Waals surface area contributed by atoms with Gasteiger partial charge in [0.25, 0.3) is 0 Å². The molecule has 0 aromatic carbocycles. The zero-order valence-electron chi connectivity index (χ0n) is 12.8. The first-order valence-corrected chi connectivity index (χ1v) is 8.48. The van der Waals surface area contributed by atoms with Crippen LogP contribution in [0.5, 0.6) is 0 Å². The Morgan fingerprint density at radius 3 is 2.95 bits per heavy atom. The van der Waals surface area contributed by atoms with Gasteiger partial charge in [0.1, 0.15) is 5.82 Å². The molecule has 0 aliphatic carbocycles. The van der Waals surface area contributed by atoms with Gasteiger partial charge in [-0.1, -0.05) is 20.8 Å². The Morgan fingerprint density at radius 1 is 1.40 bits per heavy atom. The van der Waals surface area contributed by atoms with Crippen molar-refractivity contribution in [1.82, 2.24) is 10.3 Å². The van der Waals surface area contributed by atoms with Crippen molar-refractivity contribution in [3.05, 3.63) is 22.3 Å². The average molecular weight is 340 g/mol. The summed E-state index contributed by atoms with van der Waals surface area (Å²) >= 11 is 3.54. The highest BCUT2D eigenvalue weighted by molar-refractivity contribution is 9.10. The van der Waals surface area contributed by atoms with E-state index >= 15 is 0 Å². The average Bonchev–Trinajstić information content (AvgIpc) is 2.61. The molecule has 1 aromatic rings. The molecule has 1 N–H and O–H groups in total. The van der Waals surface area contributed by atoms with Crippen molar-refractivity contribution in [2.75, 3.05) is 18.0 Å². The number of pyridine rings is 1. The molecule has 1 aliphatic heterocycles. The van der Waals surface area contributed by atoms with E-state index in [1.54, 1.807) is 0 Å². The molecule has 2 heterocycles. The predicted octanol–water partition coefficient (Wildman–Crippen LogP) is 3.97. The number of rotatable bonds is 4. The predicted molar refractivity (Wildman–Crippen MR) is 89.1 cm³/mol. The minimum atomic E-state index is 0.492. The minimum absolute atomic E-state index is 0.492. The summed E-state index contributed by atoms with van der Waals surface area (Å²) in [5, 5.41) is 3.51. The lowest BCUT2D eigenvalue weighted by atomic mass is 10.0. The van der Waals surface area contributed by atoms with Gasteiger partial charge in [0, 0.05) is 41.9 Å². The molecule has 112 valence electrons. The van der Waals surface area contributed by atoms with E-state index in [9.17, 15) is 0 Å². The van der Waals surface area contributed by atoms with Crippen LogP contribution in [0.15, 0.2) is 16.7 Å². The van der Waals surface area contributed by atoms with Crippen molar-refractivity contribution >= 4 is 21.7 Å². The van der Waals surface area contributed by atoms with Crippen LogP contribution in [-0.2, 0) is 6.54 Å². The van der Waals surface area contributed by atoms with Gasteiger partial charge in [0.05, 0.1) is 0 Å². The zero-order valence-corrected chi connectivity index (χ0v) is 14.4. The highest BCUT2D eigenvalue weighted by Gasteiger charge is 2.18. The van der Waals surface area contributed by atoms with Crippen LogP contribution in [0.4, 0.5) is 5.82 Å². The van der Waals surface area contributed by atoms with Gasteiger partial charge >= 0.3 is 0 Å². The number of nitrogens with zero attached hydrogens (tertiary/aromatic N) is 2. The van der Waals surface area contributed by atoms with E-state index in [1.807, 2.05) is 6.20 Å². The second kappa shape index (κ2) is 7.41. The number of nitrogens with one attached hydrogen (secondary N) is 1. The molecule has 0 radical (unpaired) electrons. The molecule has 2 rings (SSSR count). The number of anilines is 1. The summed E-state index contributed by atoms with van der Waals surface area (Å²) in [5.41, 5.74) is 1.29. The van der Waals surface area contributed by atoms with Crippen LogP contribution in [0.2, 0.25) is 0 Å². The van der Waals surface area contributed by atoms with Gasteiger partial charge in [-0.05, 0) is 47.2 Å². The van der Waals surface area contributed by atoms with Crippen molar-refractivity contribution < 1.29 is 0 Å². The third kappa shape index (κ3) is 4.45. The van der Waals surface area contributed by atoms with Crippen LogP contribution in [0, 0.1) is 5.92 Å². The normalized spacial score (nSPS) is 20.2. The molecule has 20 heavy (non-hydrogen) atoms. The Balaban J connectivity index is 2.16. The first kappa shape index (κ1) is 15.8. The molecule has 1 fully saturated rings. The molecule has 3 nitrogen and oxygen atoms in total. The van der Waals surface area contributed by atoms with Crippen molar-refractivity contribution in [3.8, 4) is 0 Å². The standard InChI is InChI=1S/C16H26BrN3/c1-12(2)18-10-14-9-15(17)11-19-16(14)20-7-4-5-13(3)6-8-20/h9,11-13,18H,4-8,10H2,1-3H3. The summed E-state index contributed by atoms with van der Waals surface area (Å²) in [5.74, 6) is 2.00. The maximum absolute atomic E-state index is 4.69. The minimum Gasteiger partial charge on any atom is -0.356 e. The van der Waals surface area contributed by atoms with Gasteiger partial charge in [-0.15, -0.1) is 0 Å². The van der Waals surface area contributed by atoms with Gasteiger partial charge in [-0.25, -0.2) is 4.98 Å². The zero-order chi connectivity index (χ0) is 14.5. The monoisotopic (exact) mass is 339 g/mol. The van der Waals surface area contributed by atoms with E-state index < -0.39 is 0 Å². The van der Waals surface area contributed by atoms with Gasteiger partial charge in [0.2, 0.25) is 0 Å². The van der Waals surface area contributed by atoms with Gasteiger partial charge in [0.15, 0.2) is 0 Å². The quantitative estimate of drug-likeness (QED) is 0.899. The summed E-state index contributed by atoms with van der Waals surface area (Å²) in [4.78, 5) is 7.15. The highest BCUT2D eigenvalue weighted by atomic mass is 79.9. The Labute approximate surface area is 131 Å². The van der Waals surface area contributed by atoms with E-state index in [1.165, 1.54) is 24.8 Å². The van der Waals surface area contributed by atoms with E-state index in [4.69, 9.17) is 0 Å². The van der Waals surface area contributed by atoms with Crippen LogP contribution in [-0.4, -0.2) is 24.1 Å². The molecule has 1 atom stereocenters. The summed E-state index contributed by atoms with van der Waals surface area (Å²) in [7, 11) is 0. The number of aromatic nitrogens is 1. The van der Waals surface area contributed by atoms with Gasteiger partial charge in [-0.2, -0.15) is 0 Å². The van der Waals surface area contributed by atoms with E-state index in [2.05, 4.69) is 58.0 Å². The van der Waals surface area contributed by atoms with Crippen molar-refractivity contribution in [2.24, 2.45) is 5.92 Å². The summed E-state index contributed by atoms with van der Waals surface area (Å²) in [6.45, 7) is 9.86. The first-order valence-electron chi connectivity index (χ1n) is 7.69. The Morgan fingerprint density at radius 2 is 2.20 bits per heavy atom. The van der Waals surface area contributed by atoms with E-state index in [0.29, 0.717) is 6.04 Å². The third-order valence-corrected chi connectivity index (χ3v) is 4.36. The number of hydrogen-bond acceptors (Lipinski definition) is 3. The molecule has 1 aliphatic rings. The van der Waals surface area contributed by atoms with Crippen LogP contribution in [0.3, 0.4) is 0 Å². The maximum atomic E-state index is 4.69. The van der Waals surface area contributed by atoms with Crippen LogP contribution < -0.4 is 10.2 Å². The van der Waals surface area contributed by atoms with Crippen molar-refractivity contribution in [1.29, 1.82) is 0 Å². The van der Waals surface area contributed by atoms with E-state index in [-0.39, 0.29) is 0 Å². The van der Waals surface area contributed by atoms with Crippen molar-refractivity contribution in [2.45, 2.75) is 52.6 Å². The number of halogens is 1. The molecule has 1 aromatic heterocycles. The third-order valence-electron chi connectivity index (χ3n) is 3.93. The largest absolute Gasteiger partial charge is 0.356 e.